The van der Waals surface area contributed by atoms with Crippen molar-refractivity contribution in [2.45, 2.75) is 25.4 Å². The second-order valence-electron chi connectivity index (χ2n) is 4.10. The van der Waals surface area contributed by atoms with E-state index in [4.69, 9.17) is 4.74 Å². The number of esters is 1. The van der Waals surface area contributed by atoms with E-state index in [0.29, 0.717) is 5.75 Å². The lowest BCUT2D eigenvalue weighted by molar-refractivity contribution is -0.212. The van der Waals surface area contributed by atoms with Crippen molar-refractivity contribution in [3.63, 3.8) is 0 Å². The molecule has 1 aromatic rings. The van der Waals surface area contributed by atoms with Gasteiger partial charge in [0, 0.05) is 0 Å². The molecule has 0 unspecified atom stereocenters. The lowest BCUT2D eigenvalue weighted by Crippen LogP contribution is -2.49. The summed E-state index contributed by atoms with van der Waals surface area (Å²) in [6.07, 6.45) is 0. The number of rotatable bonds is 5. The minimum Gasteiger partial charge on any atom is -0.497 e. The van der Waals surface area contributed by atoms with Crippen molar-refractivity contribution in [3.05, 3.63) is 29.8 Å². The maximum atomic E-state index is 13.9. The number of hydrogen-bond acceptors (Lipinski definition) is 4. The van der Waals surface area contributed by atoms with Crippen LogP contribution in [0.5, 0.6) is 5.75 Å². The summed E-state index contributed by atoms with van der Waals surface area (Å²) in [7, 11) is 1.43. The third-order valence-corrected chi connectivity index (χ3v) is 2.80. The highest BCUT2D eigenvalue weighted by molar-refractivity contribution is 5.79. The van der Waals surface area contributed by atoms with E-state index in [1.54, 1.807) is 0 Å². The van der Waals surface area contributed by atoms with Gasteiger partial charge in [0.2, 0.25) is 0 Å². The summed E-state index contributed by atoms with van der Waals surface area (Å²) >= 11 is 0. The summed E-state index contributed by atoms with van der Waals surface area (Å²) in [4.78, 5) is 11.3. The molecule has 19 heavy (non-hydrogen) atoms. The lowest BCUT2D eigenvalue weighted by Gasteiger charge is -2.31. The van der Waals surface area contributed by atoms with Crippen LogP contribution in [0.2, 0.25) is 0 Å². The minimum atomic E-state index is -4.04. The van der Waals surface area contributed by atoms with Gasteiger partial charge in [0.25, 0.3) is 0 Å². The van der Waals surface area contributed by atoms with Gasteiger partial charge in [-0.15, -0.1) is 0 Å². The van der Waals surface area contributed by atoms with Gasteiger partial charge in [-0.05, 0) is 31.5 Å². The average Bonchev–Trinajstić information content (AvgIpc) is 2.38. The molecule has 0 saturated heterocycles. The number of hydrogen-bond donors (Lipinski definition) is 1. The van der Waals surface area contributed by atoms with Crippen molar-refractivity contribution in [2.24, 2.45) is 0 Å². The Kier molecular flexibility index (Phi) is 4.47. The smallest absolute Gasteiger partial charge is 0.380 e. The molecular weight excluding hydrogens is 258 g/mol. The Labute approximate surface area is 109 Å². The molecule has 106 valence electrons. The zero-order chi connectivity index (χ0) is 14.7. The highest BCUT2D eigenvalue weighted by atomic mass is 19.3. The molecule has 0 aromatic heterocycles. The fourth-order valence-corrected chi connectivity index (χ4v) is 1.52. The number of halogens is 2. The molecule has 0 saturated carbocycles. The molecule has 0 aliphatic rings. The number of benzene rings is 1. The zero-order valence-corrected chi connectivity index (χ0v) is 10.9. The van der Waals surface area contributed by atoms with Gasteiger partial charge >= 0.3 is 11.9 Å². The van der Waals surface area contributed by atoms with Crippen LogP contribution in [0.4, 0.5) is 8.78 Å². The highest BCUT2D eigenvalue weighted by Crippen LogP contribution is 2.38. The van der Waals surface area contributed by atoms with Crippen LogP contribution in [0.3, 0.4) is 0 Å². The quantitative estimate of drug-likeness (QED) is 0.835. The molecule has 0 aliphatic carbocycles. The van der Waals surface area contributed by atoms with Gasteiger partial charge in [-0.3, -0.25) is 0 Å². The lowest BCUT2D eigenvalue weighted by atomic mass is 9.89. The number of methoxy groups -OCH3 is 1. The van der Waals surface area contributed by atoms with E-state index in [1.165, 1.54) is 38.3 Å². The van der Waals surface area contributed by atoms with E-state index in [-0.39, 0.29) is 12.2 Å². The molecular formula is C13H16F2O4. The van der Waals surface area contributed by atoms with Crippen LogP contribution in [0, 0.1) is 0 Å². The molecule has 0 amide bonds. The van der Waals surface area contributed by atoms with E-state index in [2.05, 4.69) is 4.74 Å². The Balaban J connectivity index is 3.09. The van der Waals surface area contributed by atoms with E-state index < -0.39 is 17.5 Å². The summed E-state index contributed by atoms with van der Waals surface area (Å²) in [6, 6.07) is 5.38. The van der Waals surface area contributed by atoms with Crippen molar-refractivity contribution >= 4 is 5.97 Å². The van der Waals surface area contributed by atoms with Crippen LogP contribution in [-0.4, -0.2) is 30.7 Å². The molecule has 0 radical (unpaired) electrons. The number of alkyl halides is 2. The zero-order valence-electron chi connectivity index (χ0n) is 10.9. The fraction of sp³-hybridized carbons (Fsp3) is 0.462. The van der Waals surface area contributed by atoms with Gasteiger partial charge in [0.15, 0.2) is 5.60 Å². The Hall–Kier alpha value is -1.69. The number of ether oxygens (including phenoxy) is 2. The first-order valence-electron chi connectivity index (χ1n) is 5.69. The second-order valence-corrected chi connectivity index (χ2v) is 4.10. The summed E-state index contributed by atoms with van der Waals surface area (Å²) in [5.74, 6) is -5.34. The molecule has 0 spiro atoms. The molecule has 4 nitrogen and oxygen atoms in total. The second kappa shape index (κ2) is 5.52. The topological polar surface area (TPSA) is 55.8 Å². The molecule has 1 aromatic carbocycles. The molecule has 0 aliphatic heterocycles. The normalized spacial score (nSPS) is 14.6. The maximum absolute atomic E-state index is 13.9. The van der Waals surface area contributed by atoms with E-state index in [1.807, 2.05) is 0 Å². The predicted molar refractivity (Wildman–Crippen MR) is 64.1 cm³/mol. The summed E-state index contributed by atoms with van der Waals surface area (Å²) in [5.41, 5.74) is -2.77. The summed E-state index contributed by atoms with van der Waals surface area (Å²) in [5, 5.41) is 9.98. The van der Waals surface area contributed by atoms with Gasteiger partial charge in [-0.1, -0.05) is 12.1 Å². The Morgan fingerprint density at radius 2 is 1.84 bits per heavy atom. The monoisotopic (exact) mass is 274 g/mol. The Morgan fingerprint density at radius 1 is 1.32 bits per heavy atom. The largest absolute Gasteiger partial charge is 0.497 e. The average molecular weight is 274 g/mol. The van der Waals surface area contributed by atoms with Crippen molar-refractivity contribution in [2.75, 3.05) is 13.7 Å². The van der Waals surface area contributed by atoms with E-state index in [9.17, 15) is 18.7 Å². The maximum Gasteiger partial charge on any atom is 0.380 e. The van der Waals surface area contributed by atoms with Crippen molar-refractivity contribution in [3.8, 4) is 5.75 Å². The molecule has 0 fully saturated rings. The molecule has 1 N–H and O–H groups in total. The predicted octanol–water partition coefficient (Wildman–Crippen LogP) is 2.10. The van der Waals surface area contributed by atoms with Crippen LogP contribution in [0.15, 0.2) is 24.3 Å². The van der Waals surface area contributed by atoms with Crippen molar-refractivity contribution in [1.29, 1.82) is 0 Å². The fourth-order valence-electron chi connectivity index (χ4n) is 1.52. The highest BCUT2D eigenvalue weighted by Gasteiger charge is 2.57. The third-order valence-electron chi connectivity index (χ3n) is 2.80. The summed E-state index contributed by atoms with van der Waals surface area (Å²) < 4.78 is 37.0. The molecule has 1 atom stereocenters. The first-order chi connectivity index (χ1) is 8.77. The van der Waals surface area contributed by atoms with E-state index >= 15 is 0 Å². The van der Waals surface area contributed by atoms with Gasteiger partial charge < -0.3 is 14.6 Å². The third kappa shape index (κ3) is 2.84. The van der Waals surface area contributed by atoms with Crippen LogP contribution in [0.25, 0.3) is 0 Å². The Bertz CT molecular complexity index is 440. The van der Waals surface area contributed by atoms with E-state index in [0.717, 1.165) is 6.92 Å². The number of aliphatic hydroxyl groups is 1. The first-order valence-corrected chi connectivity index (χ1v) is 5.69. The Morgan fingerprint density at radius 3 is 2.26 bits per heavy atom. The summed E-state index contributed by atoms with van der Waals surface area (Å²) in [6.45, 7) is 2.09. The number of carbonyl (C=O) groups is 1. The van der Waals surface area contributed by atoms with Crippen molar-refractivity contribution in [1.82, 2.24) is 0 Å². The standard InChI is InChI=1S/C13H16F2O4/c1-4-19-11(16)13(14,15)12(2,17)9-5-7-10(18-3)8-6-9/h5-8,17H,4H2,1-3H3/t12-/m0/s1. The van der Waals surface area contributed by atoms with Gasteiger partial charge in [-0.2, -0.15) is 8.78 Å². The molecule has 6 heteroatoms. The number of carbonyl (C=O) groups excluding carboxylic acids is 1. The van der Waals surface area contributed by atoms with Crippen molar-refractivity contribution < 1.29 is 28.2 Å². The van der Waals surface area contributed by atoms with Crippen LogP contribution in [-0.2, 0) is 15.1 Å². The van der Waals surface area contributed by atoms with Gasteiger partial charge in [0.1, 0.15) is 5.75 Å². The first kappa shape index (κ1) is 15.4. The molecule has 1 rings (SSSR count). The van der Waals surface area contributed by atoms with Crippen LogP contribution < -0.4 is 4.74 Å². The molecule has 0 heterocycles. The van der Waals surface area contributed by atoms with Gasteiger partial charge in [0.05, 0.1) is 13.7 Å². The van der Waals surface area contributed by atoms with Crippen LogP contribution >= 0.6 is 0 Å². The minimum absolute atomic E-state index is 0.105. The SMILES string of the molecule is CCOC(=O)C(F)(F)[C@@](C)(O)c1ccc(OC)cc1. The van der Waals surface area contributed by atoms with Gasteiger partial charge in [-0.25, -0.2) is 4.79 Å². The molecule has 0 bridgehead atoms. The van der Waals surface area contributed by atoms with Crippen LogP contribution in [0.1, 0.15) is 19.4 Å².